The monoisotopic (exact) mass is 343 g/mol. The molecule has 0 saturated carbocycles. The summed E-state index contributed by atoms with van der Waals surface area (Å²) in [5.41, 5.74) is 1.03. The molecule has 1 aliphatic heterocycles. The molecule has 4 nitrogen and oxygen atoms in total. The van der Waals surface area contributed by atoms with Crippen LogP contribution in [-0.2, 0) is 10.5 Å². The normalized spacial score (nSPS) is 14.8. The van der Waals surface area contributed by atoms with E-state index in [1.54, 1.807) is 11.8 Å². The van der Waals surface area contributed by atoms with Crippen molar-refractivity contribution < 1.29 is 14.3 Å². The van der Waals surface area contributed by atoms with Crippen LogP contribution in [0, 0.1) is 5.92 Å². The number of hydrogen-bond donors (Lipinski definition) is 1. The van der Waals surface area contributed by atoms with Crippen LogP contribution in [0.3, 0.4) is 0 Å². The van der Waals surface area contributed by atoms with E-state index in [1.807, 2.05) is 19.1 Å². The molecule has 6 heteroatoms. The molecule has 0 spiro atoms. The quantitative estimate of drug-likeness (QED) is 0.858. The van der Waals surface area contributed by atoms with Gasteiger partial charge in [-0.15, -0.1) is 11.8 Å². The maximum Gasteiger partial charge on any atom is 0.230 e. The summed E-state index contributed by atoms with van der Waals surface area (Å²) in [5, 5.41) is 3.56. The van der Waals surface area contributed by atoms with Gasteiger partial charge in [0.1, 0.15) is 13.2 Å². The van der Waals surface area contributed by atoms with E-state index in [1.165, 1.54) is 0 Å². The smallest absolute Gasteiger partial charge is 0.230 e. The van der Waals surface area contributed by atoms with Gasteiger partial charge in [-0.3, -0.25) is 4.79 Å². The highest BCUT2D eigenvalue weighted by Crippen LogP contribution is 2.39. The first-order chi connectivity index (χ1) is 10.5. The molecule has 0 fully saturated rings. The van der Waals surface area contributed by atoms with E-state index in [9.17, 15) is 4.79 Å². The van der Waals surface area contributed by atoms with E-state index in [0.717, 1.165) is 5.56 Å². The summed E-state index contributed by atoms with van der Waals surface area (Å²) in [6.07, 6.45) is 0. The van der Waals surface area contributed by atoms with Crippen molar-refractivity contribution >= 4 is 29.3 Å². The van der Waals surface area contributed by atoms with E-state index >= 15 is 0 Å². The van der Waals surface area contributed by atoms with E-state index in [4.69, 9.17) is 21.1 Å². The Bertz CT molecular complexity index is 536. The van der Waals surface area contributed by atoms with Crippen molar-refractivity contribution in [2.24, 2.45) is 5.92 Å². The van der Waals surface area contributed by atoms with E-state index in [0.29, 0.717) is 47.2 Å². The zero-order valence-electron chi connectivity index (χ0n) is 13.1. The fourth-order valence-electron chi connectivity index (χ4n) is 1.97. The second-order valence-corrected chi connectivity index (χ2v) is 7.09. The van der Waals surface area contributed by atoms with Gasteiger partial charge in [-0.25, -0.2) is 0 Å². The first-order valence-corrected chi connectivity index (χ1v) is 8.95. The van der Waals surface area contributed by atoms with Crippen molar-refractivity contribution in [1.82, 2.24) is 5.32 Å². The number of carbonyl (C=O) groups excluding carboxylic acids is 1. The summed E-state index contributed by atoms with van der Waals surface area (Å²) in [6, 6.07) is 4.00. The molecule has 122 valence electrons. The van der Waals surface area contributed by atoms with Gasteiger partial charge in [0.25, 0.3) is 0 Å². The summed E-state index contributed by atoms with van der Waals surface area (Å²) >= 11 is 7.76. The largest absolute Gasteiger partial charge is 0.486 e. The molecule has 1 atom stereocenters. The molecule has 0 aromatic heterocycles. The lowest BCUT2D eigenvalue weighted by atomic mass is 10.1. The number of fused-ring (bicyclic) bond motifs is 1. The number of amides is 1. The highest BCUT2D eigenvalue weighted by Gasteiger charge is 2.17. The van der Waals surface area contributed by atoms with Gasteiger partial charge in [0.15, 0.2) is 11.5 Å². The molecular weight excluding hydrogens is 322 g/mol. The van der Waals surface area contributed by atoms with Crippen molar-refractivity contribution in [2.45, 2.75) is 32.6 Å². The summed E-state index contributed by atoms with van der Waals surface area (Å²) in [6.45, 7) is 7.27. The van der Waals surface area contributed by atoms with Crippen LogP contribution in [-0.4, -0.2) is 30.9 Å². The molecule has 1 heterocycles. The van der Waals surface area contributed by atoms with Crippen LogP contribution in [0.2, 0.25) is 5.02 Å². The number of halogens is 1. The molecule has 2 rings (SSSR count). The van der Waals surface area contributed by atoms with Crippen molar-refractivity contribution in [3.8, 4) is 11.5 Å². The van der Waals surface area contributed by atoms with Gasteiger partial charge < -0.3 is 14.8 Å². The topological polar surface area (TPSA) is 47.6 Å². The Kier molecular flexibility index (Phi) is 6.26. The lowest BCUT2D eigenvalue weighted by Crippen LogP contribution is -2.37. The predicted octanol–water partition coefficient (Wildman–Crippen LogP) is 3.51. The molecule has 1 N–H and O–H groups in total. The Morgan fingerprint density at radius 1 is 1.32 bits per heavy atom. The zero-order valence-corrected chi connectivity index (χ0v) is 14.7. The molecule has 1 unspecified atom stereocenters. The van der Waals surface area contributed by atoms with Gasteiger partial charge in [-0.1, -0.05) is 25.4 Å². The lowest BCUT2D eigenvalue weighted by molar-refractivity contribution is -0.119. The van der Waals surface area contributed by atoms with E-state index in [2.05, 4.69) is 19.2 Å². The maximum atomic E-state index is 11.8. The molecular formula is C16H22ClNO3S. The Balaban J connectivity index is 1.85. The van der Waals surface area contributed by atoms with Crippen LogP contribution in [0.4, 0.5) is 0 Å². The molecule has 0 saturated heterocycles. The number of hydrogen-bond acceptors (Lipinski definition) is 4. The number of thioether (sulfide) groups is 1. The third kappa shape index (κ3) is 4.71. The van der Waals surface area contributed by atoms with Crippen molar-refractivity contribution in [2.75, 3.05) is 19.0 Å². The first kappa shape index (κ1) is 17.3. The Morgan fingerprint density at radius 2 is 2.05 bits per heavy atom. The Labute approximate surface area is 140 Å². The van der Waals surface area contributed by atoms with E-state index < -0.39 is 0 Å². The fraction of sp³-hybridized carbons (Fsp3) is 0.562. The van der Waals surface area contributed by atoms with Crippen LogP contribution in [0.15, 0.2) is 12.1 Å². The molecule has 1 aliphatic rings. The summed E-state index contributed by atoms with van der Waals surface area (Å²) in [5.74, 6) is 2.95. The van der Waals surface area contributed by atoms with Crippen molar-refractivity contribution in [3.05, 3.63) is 22.7 Å². The fourth-order valence-corrected chi connectivity index (χ4v) is 3.03. The highest BCUT2D eigenvalue weighted by atomic mass is 35.5. The van der Waals surface area contributed by atoms with Crippen LogP contribution < -0.4 is 14.8 Å². The molecule has 22 heavy (non-hydrogen) atoms. The highest BCUT2D eigenvalue weighted by molar-refractivity contribution is 7.99. The second-order valence-electron chi connectivity index (χ2n) is 5.69. The van der Waals surface area contributed by atoms with Gasteiger partial charge in [0, 0.05) is 11.8 Å². The third-order valence-electron chi connectivity index (χ3n) is 3.55. The first-order valence-electron chi connectivity index (χ1n) is 7.42. The minimum Gasteiger partial charge on any atom is -0.486 e. The molecule has 0 bridgehead atoms. The molecule has 1 aromatic carbocycles. The van der Waals surface area contributed by atoms with Crippen LogP contribution in [0.5, 0.6) is 11.5 Å². The number of carbonyl (C=O) groups is 1. The Morgan fingerprint density at radius 3 is 2.77 bits per heavy atom. The molecule has 1 amide bonds. The standard InChI is InChI=1S/C16H22ClNO3S/c1-10(2)11(3)18-15(19)9-22-8-12-6-13(17)16-14(7-12)20-4-5-21-16/h6-7,10-11H,4-5,8-9H2,1-3H3,(H,18,19). The van der Waals surface area contributed by atoms with Gasteiger partial charge >= 0.3 is 0 Å². The minimum absolute atomic E-state index is 0.0647. The van der Waals surface area contributed by atoms with E-state index in [-0.39, 0.29) is 11.9 Å². The average molecular weight is 344 g/mol. The number of benzene rings is 1. The number of nitrogens with one attached hydrogen (secondary N) is 1. The summed E-state index contributed by atoms with van der Waals surface area (Å²) in [4.78, 5) is 11.8. The van der Waals surface area contributed by atoms with Gasteiger partial charge in [-0.05, 0) is 30.5 Å². The number of ether oxygens (including phenoxy) is 2. The van der Waals surface area contributed by atoms with Crippen LogP contribution >= 0.6 is 23.4 Å². The second kappa shape index (κ2) is 7.97. The zero-order chi connectivity index (χ0) is 16.1. The Hall–Kier alpha value is -1.07. The lowest BCUT2D eigenvalue weighted by Gasteiger charge is -2.20. The minimum atomic E-state index is 0.0647. The SMILES string of the molecule is CC(C)C(C)NC(=O)CSCc1cc(Cl)c2c(c1)OCCO2. The van der Waals surface area contributed by atoms with Crippen molar-refractivity contribution in [3.63, 3.8) is 0 Å². The molecule has 1 aromatic rings. The number of rotatable bonds is 6. The van der Waals surface area contributed by atoms with Crippen molar-refractivity contribution in [1.29, 1.82) is 0 Å². The van der Waals surface area contributed by atoms with Gasteiger partial charge in [0.2, 0.25) is 5.91 Å². The summed E-state index contributed by atoms with van der Waals surface area (Å²) in [7, 11) is 0. The van der Waals surface area contributed by atoms with Crippen LogP contribution in [0.25, 0.3) is 0 Å². The predicted molar refractivity (Wildman–Crippen MR) is 91.0 cm³/mol. The third-order valence-corrected chi connectivity index (χ3v) is 4.83. The van der Waals surface area contributed by atoms with Gasteiger partial charge in [0.05, 0.1) is 10.8 Å². The maximum absolute atomic E-state index is 11.8. The average Bonchev–Trinajstić information content (AvgIpc) is 2.47. The molecule has 0 radical (unpaired) electrons. The summed E-state index contributed by atoms with van der Waals surface area (Å²) < 4.78 is 11.0. The molecule has 0 aliphatic carbocycles. The van der Waals surface area contributed by atoms with Crippen LogP contribution in [0.1, 0.15) is 26.3 Å². The van der Waals surface area contributed by atoms with Gasteiger partial charge in [-0.2, -0.15) is 0 Å².